The molecule has 0 bridgehead atoms. The van der Waals surface area contributed by atoms with Gasteiger partial charge in [0.15, 0.2) is 0 Å². The van der Waals surface area contributed by atoms with E-state index in [-0.39, 0.29) is 18.1 Å². The van der Waals surface area contributed by atoms with E-state index in [1.807, 2.05) is 6.07 Å². The highest BCUT2D eigenvalue weighted by atomic mass is 16.5. The first-order chi connectivity index (χ1) is 15.1. The number of rotatable bonds is 6. The van der Waals surface area contributed by atoms with Crippen LogP contribution in [-0.4, -0.2) is 22.9 Å². The topological polar surface area (TPSA) is 49.7 Å². The molecule has 5 rings (SSSR count). The standard InChI is InChI=1S/C28H36O3/c1-28-14-13-24-23-12-10-22(31-18-19-6-3-2-4-7-19)16-20(23)9-11-25(24)27(28)21(8-5-15-29)17-26(28)30/h2-4,6-7,10,12,16,21,24-27,29-30H,5,8-9,11,13-15,17-18H2,1H3/t21-,24?,25?,26?,27?,28-/m1/s1. The summed E-state index contributed by atoms with van der Waals surface area (Å²) in [6.07, 6.45) is 7.26. The van der Waals surface area contributed by atoms with Gasteiger partial charge in [0.2, 0.25) is 0 Å². The van der Waals surface area contributed by atoms with E-state index in [2.05, 4.69) is 49.4 Å². The summed E-state index contributed by atoms with van der Waals surface area (Å²) in [5.41, 5.74) is 4.23. The normalized spacial score (nSPS) is 34.0. The molecule has 0 amide bonds. The number of fused-ring (bicyclic) bond motifs is 5. The molecule has 3 heteroatoms. The van der Waals surface area contributed by atoms with Crippen LogP contribution >= 0.6 is 0 Å². The molecular formula is C28H36O3. The lowest BCUT2D eigenvalue weighted by Gasteiger charge is -2.51. The molecule has 31 heavy (non-hydrogen) atoms. The minimum atomic E-state index is -0.183. The molecule has 0 radical (unpaired) electrons. The Balaban J connectivity index is 1.35. The molecule has 3 nitrogen and oxygen atoms in total. The summed E-state index contributed by atoms with van der Waals surface area (Å²) < 4.78 is 6.10. The van der Waals surface area contributed by atoms with Gasteiger partial charge in [0.1, 0.15) is 12.4 Å². The van der Waals surface area contributed by atoms with Crippen molar-refractivity contribution in [1.29, 1.82) is 0 Å². The van der Waals surface area contributed by atoms with E-state index >= 15 is 0 Å². The number of benzene rings is 2. The molecule has 2 saturated carbocycles. The zero-order chi connectivity index (χ0) is 21.4. The van der Waals surface area contributed by atoms with Crippen molar-refractivity contribution in [3.63, 3.8) is 0 Å². The highest BCUT2D eigenvalue weighted by Gasteiger charge is 2.58. The Morgan fingerprint density at radius 3 is 2.74 bits per heavy atom. The summed E-state index contributed by atoms with van der Waals surface area (Å²) in [6, 6.07) is 17.1. The minimum absolute atomic E-state index is 0.0531. The number of aliphatic hydroxyl groups excluding tert-OH is 2. The second-order valence-corrected chi connectivity index (χ2v) is 10.4. The number of hydrogen-bond donors (Lipinski definition) is 2. The molecule has 2 aromatic carbocycles. The van der Waals surface area contributed by atoms with Crippen LogP contribution in [0.5, 0.6) is 5.75 Å². The maximum absolute atomic E-state index is 10.9. The van der Waals surface area contributed by atoms with Gasteiger partial charge in [-0.3, -0.25) is 0 Å². The van der Waals surface area contributed by atoms with Gasteiger partial charge < -0.3 is 14.9 Å². The summed E-state index contributed by atoms with van der Waals surface area (Å²) in [4.78, 5) is 0. The summed E-state index contributed by atoms with van der Waals surface area (Å²) in [5, 5.41) is 20.3. The van der Waals surface area contributed by atoms with E-state index in [1.165, 1.54) is 29.5 Å². The summed E-state index contributed by atoms with van der Waals surface area (Å²) in [5.74, 6) is 3.36. The maximum atomic E-state index is 10.9. The van der Waals surface area contributed by atoms with E-state index in [0.29, 0.717) is 30.3 Å². The number of hydrogen-bond acceptors (Lipinski definition) is 3. The smallest absolute Gasteiger partial charge is 0.120 e. The van der Waals surface area contributed by atoms with Crippen LogP contribution in [0.25, 0.3) is 0 Å². The van der Waals surface area contributed by atoms with Gasteiger partial charge in [0, 0.05) is 6.61 Å². The highest BCUT2D eigenvalue weighted by molar-refractivity contribution is 5.41. The lowest BCUT2D eigenvalue weighted by molar-refractivity contribution is -0.0307. The second-order valence-electron chi connectivity index (χ2n) is 10.4. The van der Waals surface area contributed by atoms with Gasteiger partial charge in [-0.2, -0.15) is 0 Å². The highest BCUT2D eigenvalue weighted by Crippen LogP contribution is 2.63. The molecule has 166 valence electrons. The minimum Gasteiger partial charge on any atom is -0.489 e. The molecule has 3 aliphatic rings. The third-order valence-corrected chi connectivity index (χ3v) is 8.77. The number of ether oxygens (including phenoxy) is 1. The Hall–Kier alpha value is -1.84. The van der Waals surface area contributed by atoms with Crippen molar-refractivity contribution >= 4 is 0 Å². The number of aliphatic hydroxyl groups is 2. The van der Waals surface area contributed by atoms with Gasteiger partial charge in [-0.25, -0.2) is 0 Å². The summed E-state index contributed by atoms with van der Waals surface area (Å²) >= 11 is 0. The molecule has 2 aromatic rings. The molecule has 2 fully saturated rings. The Bertz CT molecular complexity index is 894. The fourth-order valence-corrected chi connectivity index (χ4v) is 7.30. The van der Waals surface area contributed by atoms with Crippen molar-refractivity contribution in [2.24, 2.45) is 23.2 Å². The third kappa shape index (κ3) is 3.81. The lowest BCUT2D eigenvalue weighted by Crippen LogP contribution is -2.45. The van der Waals surface area contributed by atoms with Crippen LogP contribution in [0.15, 0.2) is 48.5 Å². The number of aryl methyl sites for hydroxylation is 1. The van der Waals surface area contributed by atoms with E-state index in [4.69, 9.17) is 4.74 Å². The van der Waals surface area contributed by atoms with Gasteiger partial charge in [-0.15, -0.1) is 0 Å². The van der Waals surface area contributed by atoms with Crippen LogP contribution in [0.4, 0.5) is 0 Å². The van der Waals surface area contributed by atoms with Crippen LogP contribution in [0.1, 0.15) is 68.1 Å². The molecule has 4 unspecified atom stereocenters. The van der Waals surface area contributed by atoms with E-state index in [1.54, 1.807) is 0 Å². The predicted molar refractivity (Wildman–Crippen MR) is 123 cm³/mol. The predicted octanol–water partition coefficient (Wildman–Crippen LogP) is 5.48. The Morgan fingerprint density at radius 2 is 1.94 bits per heavy atom. The molecule has 2 N–H and O–H groups in total. The molecule has 0 heterocycles. The Morgan fingerprint density at radius 1 is 1.10 bits per heavy atom. The van der Waals surface area contributed by atoms with Crippen molar-refractivity contribution < 1.29 is 14.9 Å². The van der Waals surface area contributed by atoms with Crippen LogP contribution in [0.3, 0.4) is 0 Å². The van der Waals surface area contributed by atoms with Gasteiger partial charge in [0.05, 0.1) is 6.10 Å². The Labute approximate surface area is 186 Å². The van der Waals surface area contributed by atoms with Crippen LogP contribution in [0, 0.1) is 23.2 Å². The third-order valence-electron chi connectivity index (χ3n) is 8.77. The average Bonchev–Trinajstić information content (AvgIpc) is 3.06. The Kier molecular flexibility index (Phi) is 5.83. The van der Waals surface area contributed by atoms with Crippen LogP contribution in [0.2, 0.25) is 0 Å². The molecule has 0 aromatic heterocycles. The van der Waals surface area contributed by atoms with Crippen molar-refractivity contribution in [2.75, 3.05) is 6.61 Å². The molecule has 0 spiro atoms. The van der Waals surface area contributed by atoms with Gasteiger partial charge >= 0.3 is 0 Å². The zero-order valence-corrected chi connectivity index (χ0v) is 18.7. The SMILES string of the molecule is C[C@]12CCC3c4ccc(OCc5ccccc5)cc4CCC3C1[C@H](CCCO)CC2O. The van der Waals surface area contributed by atoms with E-state index in [0.717, 1.165) is 37.9 Å². The lowest BCUT2D eigenvalue weighted by atomic mass is 9.54. The zero-order valence-electron chi connectivity index (χ0n) is 18.7. The second kappa shape index (κ2) is 8.60. The van der Waals surface area contributed by atoms with Gasteiger partial charge in [-0.1, -0.05) is 43.3 Å². The van der Waals surface area contributed by atoms with Crippen molar-refractivity contribution in [3.8, 4) is 5.75 Å². The molecule has 6 atom stereocenters. The van der Waals surface area contributed by atoms with Crippen molar-refractivity contribution in [1.82, 2.24) is 0 Å². The molecule has 0 saturated heterocycles. The van der Waals surface area contributed by atoms with Crippen LogP contribution < -0.4 is 4.74 Å². The van der Waals surface area contributed by atoms with Gasteiger partial charge in [0.25, 0.3) is 0 Å². The van der Waals surface area contributed by atoms with Crippen molar-refractivity contribution in [2.45, 2.75) is 70.5 Å². The molecule has 3 aliphatic carbocycles. The summed E-state index contributed by atoms with van der Waals surface area (Å²) in [7, 11) is 0. The van der Waals surface area contributed by atoms with Crippen molar-refractivity contribution in [3.05, 3.63) is 65.2 Å². The van der Waals surface area contributed by atoms with E-state index < -0.39 is 0 Å². The van der Waals surface area contributed by atoms with E-state index in [9.17, 15) is 10.2 Å². The fraction of sp³-hybridized carbons (Fsp3) is 0.571. The maximum Gasteiger partial charge on any atom is 0.120 e. The quantitative estimate of drug-likeness (QED) is 0.650. The van der Waals surface area contributed by atoms with Gasteiger partial charge in [-0.05, 0) is 103 Å². The molecular weight excluding hydrogens is 384 g/mol. The first-order valence-corrected chi connectivity index (χ1v) is 12.2. The van der Waals surface area contributed by atoms with Crippen LogP contribution in [-0.2, 0) is 13.0 Å². The molecule has 0 aliphatic heterocycles. The average molecular weight is 421 g/mol. The fourth-order valence-electron chi connectivity index (χ4n) is 7.30. The monoisotopic (exact) mass is 420 g/mol. The first-order valence-electron chi connectivity index (χ1n) is 12.2. The summed E-state index contributed by atoms with van der Waals surface area (Å²) in [6.45, 7) is 3.21. The largest absolute Gasteiger partial charge is 0.489 e. The first kappa shape index (κ1) is 21.0.